The second kappa shape index (κ2) is 2.76. The molecule has 15 heavy (non-hydrogen) atoms. The van der Waals surface area contributed by atoms with Crippen LogP contribution < -0.4 is 0 Å². The maximum absolute atomic E-state index is 14.4. The van der Waals surface area contributed by atoms with E-state index in [9.17, 15) is 14.1 Å². The molecular weight excluding hydrogens is 226 g/mol. The van der Waals surface area contributed by atoms with Gasteiger partial charge in [-0.2, -0.15) is 0 Å². The number of hydrogen-bond acceptors (Lipinski definition) is 5. The Balaban J connectivity index is 2.04. The van der Waals surface area contributed by atoms with Gasteiger partial charge < -0.3 is 9.84 Å². The van der Waals surface area contributed by atoms with Gasteiger partial charge in [-0.1, -0.05) is 0 Å². The number of rotatable bonds is 0. The molecule has 1 spiro atoms. The molecule has 0 bridgehead atoms. The first-order chi connectivity index (χ1) is 6.99. The third kappa shape index (κ3) is 0.971. The molecule has 1 N–H and O–H groups in total. The van der Waals surface area contributed by atoms with E-state index in [0.29, 0.717) is 6.42 Å². The predicted molar refractivity (Wildman–Crippen MR) is 45.9 cm³/mol. The third-order valence-corrected chi connectivity index (χ3v) is 4.42. The molecule has 0 amide bonds. The molecule has 2 heterocycles. The van der Waals surface area contributed by atoms with Gasteiger partial charge in [0, 0.05) is 10.5 Å². The number of aliphatic hydroxyl groups excluding tert-OH is 1. The maximum Gasteiger partial charge on any atom is 0.698 e. The normalized spacial score (nSPS) is 60.7. The molecule has 0 aromatic rings. The van der Waals surface area contributed by atoms with Crippen molar-refractivity contribution in [3.05, 3.63) is 0 Å². The number of halogens is 1. The number of ether oxygens (including phenoxy) is 1. The Morgan fingerprint density at radius 1 is 1.60 bits per heavy atom. The number of hydrogen-bond donors (Lipinski definition) is 1. The Morgan fingerprint density at radius 3 is 3.00 bits per heavy atom. The van der Waals surface area contributed by atoms with Gasteiger partial charge in [-0.05, 0) is 13.3 Å². The first-order valence-electron chi connectivity index (χ1n) is 4.84. The molecule has 0 radical (unpaired) electrons. The Kier molecular flexibility index (Phi) is 1.85. The van der Waals surface area contributed by atoms with Gasteiger partial charge in [0.05, 0.1) is 12.2 Å². The fourth-order valence-electron chi connectivity index (χ4n) is 2.84. The molecule has 3 aliphatic rings. The highest BCUT2D eigenvalue weighted by atomic mass is 31.1. The highest BCUT2D eigenvalue weighted by Crippen LogP contribution is 2.64. The summed E-state index contributed by atoms with van der Waals surface area (Å²) in [7, 11) is -2.35. The molecule has 3 fully saturated rings. The molecular formula is C8H11FO5P+. The van der Waals surface area contributed by atoms with Crippen LogP contribution in [0.3, 0.4) is 0 Å². The van der Waals surface area contributed by atoms with Crippen LogP contribution in [0.15, 0.2) is 0 Å². The van der Waals surface area contributed by atoms with Crippen molar-refractivity contribution < 1.29 is 27.8 Å². The van der Waals surface area contributed by atoms with E-state index in [1.54, 1.807) is 6.92 Å². The Labute approximate surface area is 86.5 Å². The standard InChI is InChI=1S/C8H11FO5P/c1-4-5-2-6(10)8(5)7(9,13-4)3-12-15(11)14-8/h4-6,10H,2-3H2,1H3/q+1. The van der Waals surface area contributed by atoms with E-state index in [-0.39, 0.29) is 12.0 Å². The van der Waals surface area contributed by atoms with Gasteiger partial charge in [0.15, 0.2) is 6.61 Å². The van der Waals surface area contributed by atoms with Gasteiger partial charge in [-0.3, -0.25) is 0 Å². The zero-order valence-electron chi connectivity index (χ0n) is 8.05. The van der Waals surface area contributed by atoms with E-state index in [4.69, 9.17) is 9.26 Å². The minimum absolute atomic E-state index is 0.250. The van der Waals surface area contributed by atoms with Crippen LogP contribution in [0.1, 0.15) is 13.3 Å². The van der Waals surface area contributed by atoms with Gasteiger partial charge in [0.25, 0.3) is 5.85 Å². The van der Waals surface area contributed by atoms with Gasteiger partial charge in [0.1, 0.15) is 0 Å². The van der Waals surface area contributed by atoms with Crippen molar-refractivity contribution in [2.75, 3.05) is 6.61 Å². The van der Waals surface area contributed by atoms with Crippen LogP contribution in [-0.4, -0.2) is 35.4 Å². The molecule has 84 valence electrons. The fraction of sp³-hybridized carbons (Fsp3) is 1.00. The van der Waals surface area contributed by atoms with Crippen molar-refractivity contribution in [3.63, 3.8) is 0 Å². The van der Waals surface area contributed by atoms with Gasteiger partial charge in [-0.25, -0.2) is 4.39 Å². The van der Waals surface area contributed by atoms with Crippen LogP contribution in [0.2, 0.25) is 0 Å². The summed E-state index contributed by atoms with van der Waals surface area (Å²) < 4.78 is 40.3. The molecule has 6 atom stereocenters. The topological polar surface area (TPSA) is 65.0 Å². The zero-order chi connectivity index (χ0) is 10.8. The van der Waals surface area contributed by atoms with E-state index < -0.39 is 32.4 Å². The van der Waals surface area contributed by atoms with E-state index in [1.807, 2.05) is 0 Å². The average molecular weight is 237 g/mol. The lowest BCUT2D eigenvalue weighted by atomic mass is 9.63. The van der Waals surface area contributed by atoms with Crippen molar-refractivity contribution in [3.8, 4) is 0 Å². The molecule has 0 aromatic heterocycles. The van der Waals surface area contributed by atoms with Crippen molar-refractivity contribution in [1.82, 2.24) is 0 Å². The van der Waals surface area contributed by atoms with Gasteiger partial charge >= 0.3 is 8.25 Å². The second-order valence-corrected chi connectivity index (χ2v) is 5.18. The highest BCUT2D eigenvalue weighted by molar-refractivity contribution is 7.33. The number of aliphatic hydroxyl groups is 1. The van der Waals surface area contributed by atoms with E-state index >= 15 is 0 Å². The molecule has 1 saturated carbocycles. The van der Waals surface area contributed by atoms with Crippen LogP contribution >= 0.6 is 8.25 Å². The highest BCUT2D eigenvalue weighted by Gasteiger charge is 2.82. The average Bonchev–Trinajstić information content (AvgIpc) is 2.34. The first-order valence-corrected chi connectivity index (χ1v) is 5.93. The Morgan fingerprint density at radius 2 is 2.33 bits per heavy atom. The quantitative estimate of drug-likeness (QED) is 0.634. The monoisotopic (exact) mass is 237 g/mol. The minimum Gasteiger partial charge on any atom is -0.390 e. The molecule has 5 nitrogen and oxygen atoms in total. The maximum atomic E-state index is 14.4. The molecule has 2 saturated heterocycles. The van der Waals surface area contributed by atoms with Crippen LogP contribution in [0.5, 0.6) is 0 Å². The minimum atomic E-state index is -2.35. The number of alkyl halides is 1. The zero-order valence-corrected chi connectivity index (χ0v) is 8.95. The Bertz CT molecular complexity index is 339. The summed E-state index contributed by atoms with van der Waals surface area (Å²) in [6.07, 6.45) is -0.917. The SMILES string of the molecule is CC1OC2(F)CO[P+](=O)OC23C(O)CC13. The molecule has 1 aliphatic carbocycles. The lowest BCUT2D eigenvalue weighted by molar-refractivity contribution is -0.289. The summed E-state index contributed by atoms with van der Waals surface area (Å²) in [6, 6.07) is 0. The smallest absolute Gasteiger partial charge is 0.390 e. The first kappa shape index (κ1) is 10.1. The van der Waals surface area contributed by atoms with Crippen molar-refractivity contribution in [2.24, 2.45) is 5.92 Å². The molecule has 3 rings (SSSR count). The van der Waals surface area contributed by atoms with Crippen molar-refractivity contribution in [1.29, 1.82) is 0 Å². The van der Waals surface area contributed by atoms with E-state index in [1.165, 1.54) is 0 Å². The largest absolute Gasteiger partial charge is 0.698 e. The summed E-state index contributed by atoms with van der Waals surface area (Å²) in [5.74, 6) is -2.42. The van der Waals surface area contributed by atoms with E-state index in [2.05, 4.69) is 4.52 Å². The van der Waals surface area contributed by atoms with Gasteiger partial charge in [0.2, 0.25) is 5.60 Å². The molecule has 0 aromatic carbocycles. The van der Waals surface area contributed by atoms with Gasteiger partial charge in [-0.15, -0.1) is 9.05 Å². The second-order valence-electron chi connectivity index (χ2n) is 4.29. The van der Waals surface area contributed by atoms with Crippen LogP contribution in [0.25, 0.3) is 0 Å². The Hall–Kier alpha value is -0.130. The summed E-state index contributed by atoms with van der Waals surface area (Å²) in [6.45, 7) is 1.27. The summed E-state index contributed by atoms with van der Waals surface area (Å²) >= 11 is 0. The van der Waals surface area contributed by atoms with Crippen LogP contribution in [0.4, 0.5) is 4.39 Å². The molecule has 6 unspecified atom stereocenters. The van der Waals surface area contributed by atoms with Crippen LogP contribution in [0, 0.1) is 5.92 Å². The predicted octanol–water partition coefficient (Wildman–Crippen LogP) is 0.895. The third-order valence-electron chi connectivity index (χ3n) is 3.63. The molecule has 2 aliphatic heterocycles. The summed E-state index contributed by atoms with van der Waals surface area (Å²) in [4.78, 5) is 0. The summed E-state index contributed by atoms with van der Waals surface area (Å²) in [5, 5.41) is 9.68. The fourth-order valence-corrected chi connectivity index (χ4v) is 3.81. The summed E-state index contributed by atoms with van der Waals surface area (Å²) in [5.41, 5.74) is -1.47. The van der Waals surface area contributed by atoms with Crippen molar-refractivity contribution >= 4 is 8.25 Å². The van der Waals surface area contributed by atoms with Crippen molar-refractivity contribution in [2.45, 2.75) is 37.0 Å². The lowest BCUT2D eigenvalue weighted by Crippen LogP contribution is -2.70. The van der Waals surface area contributed by atoms with E-state index in [0.717, 1.165) is 0 Å². The lowest BCUT2D eigenvalue weighted by Gasteiger charge is -2.48. The van der Waals surface area contributed by atoms with Crippen LogP contribution in [-0.2, 0) is 18.3 Å². The molecule has 7 heteroatoms.